The summed E-state index contributed by atoms with van der Waals surface area (Å²) < 4.78 is 0. The lowest BCUT2D eigenvalue weighted by Gasteiger charge is -2.39. The number of anilines is 1. The van der Waals surface area contributed by atoms with E-state index in [2.05, 4.69) is 23.7 Å². The average Bonchev–Trinajstić information content (AvgIpc) is 3.01. The first-order valence-corrected chi connectivity index (χ1v) is 9.08. The van der Waals surface area contributed by atoms with Crippen LogP contribution < -0.4 is 10.6 Å². The first kappa shape index (κ1) is 22.9. The summed E-state index contributed by atoms with van der Waals surface area (Å²) in [6.07, 6.45) is 3.80. The van der Waals surface area contributed by atoms with Crippen LogP contribution in [0.1, 0.15) is 57.0 Å². The Balaban J connectivity index is 0.00000169. The van der Waals surface area contributed by atoms with Crippen molar-refractivity contribution in [3.8, 4) is 0 Å². The van der Waals surface area contributed by atoms with Gasteiger partial charge in [-0.25, -0.2) is 9.97 Å². The van der Waals surface area contributed by atoms with Crippen molar-refractivity contribution in [3.63, 3.8) is 0 Å². The summed E-state index contributed by atoms with van der Waals surface area (Å²) in [5.74, 6) is 2.31. The number of carbonyl (C=O) groups is 1. The van der Waals surface area contributed by atoms with E-state index in [4.69, 9.17) is 10.7 Å². The van der Waals surface area contributed by atoms with E-state index in [-0.39, 0.29) is 30.7 Å². The van der Waals surface area contributed by atoms with Crippen LogP contribution in [0, 0.1) is 6.92 Å². The van der Waals surface area contributed by atoms with E-state index < -0.39 is 5.54 Å². The summed E-state index contributed by atoms with van der Waals surface area (Å²) in [5, 5.41) is 0. The van der Waals surface area contributed by atoms with Crippen LogP contribution in [0.15, 0.2) is 6.07 Å². The summed E-state index contributed by atoms with van der Waals surface area (Å²) in [4.78, 5) is 26.1. The van der Waals surface area contributed by atoms with Crippen LogP contribution in [0.5, 0.6) is 0 Å². The zero-order chi connectivity index (χ0) is 17.3. The minimum Gasteiger partial charge on any atom is -0.353 e. The van der Waals surface area contributed by atoms with Gasteiger partial charge in [-0.3, -0.25) is 4.79 Å². The van der Waals surface area contributed by atoms with E-state index in [1.165, 1.54) is 0 Å². The van der Waals surface area contributed by atoms with Gasteiger partial charge >= 0.3 is 0 Å². The van der Waals surface area contributed by atoms with E-state index >= 15 is 0 Å². The zero-order valence-electron chi connectivity index (χ0n) is 15.9. The standard InChI is InChI=1S/C18H29N5O.2ClH/c1-13(2)16-20-14(3)12-15(21-16)22-8-10-23(11-9-22)17(24)18(19)6-4-5-7-18;;/h12-13H,4-11,19H2,1-3H3;2*1H. The Morgan fingerprint density at radius 2 is 1.69 bits per heavy atom. The maximum absolute atomic E-state index is 12.7. The van der Waals surface area contributed by atoms with Crippen molar-refractivity contribution in [2.24, 2.45) is 5.73 Å². The molecule has 1 saturated carbocycles. The lowest BCUT2D eigenvalue weighted by Crippen LogP contribution is -2.58. The normalized spacial score (nSPS) is 19.1. The molecular formula is C18H31Cl2N5O. The molecule has 0 spiro atoms. The highest BCUT2D eigenvalue weighted by molar-refractivity contribution is 5.86. The molecule has 148 valence electrons. The predicted octanol–water partition coefficient (Wildman–Crippen LogP) is 2.67. The van der Waals surface area contributed by atoms with Crippen LogP contribution in [0.25, 0.3) is 0 Å². The molecule has 1 saturated heterocycles. The lowest BCUT2D eigenvalue weighted by atomic mass is 9.97. The van der Waals surface area contributed by atoms with Crippen molar-refractivity contribution in [2.45, 2.75) is 57.9 Å². The number of hydrogen-bond donors (Lipinski definition) is 1. The van der Waals surface area contributed by atoms with E-state index in [1.54, 1.807) is 0 Å². The van der Waals surface area contributed by atoms with Crippen molar-refractivity contribution >= 4 is 36.5 Å². The van der Waals surface area contributed by atoms with E-state index in [1.807, 2.05) is 17.9 Å². The molecule has 26 heavy (non-hydrogen) atoms. The molecule has 1 aliphatic heterocycles. The summed E-state index contributed by atoms with van der Waals surface area (Å²) in [6.45, 7) is 9.27. The number of hydrogen-bond acceptors (Lipinski definition) is 5. The second kappa shape index (κ2) is 9.20. The molecule has 2 fully saturated rings. The quantitative estimate of drug-likeness (QED) is 0.839. The Hall–Kier alpha value is -1.11. The number of aryl methyl sites for hydroxylation is 1. The Morgan fingerprint density at radius 3 is 2.23 bits per heavy atom. The number of halogens is 2. The second-order valence-electron chi connectivity index (χ2n) is 7.52. The SMILES string of the molecule is Cc1cc(N2CCN(C(=O)C3(N)CCCC3)CC2)nc(C(C)C)n1.Cl.Cl. The number of aromatic nitrogens is 2. The van der Waals surface area contributed by atoms with Crippen molar-refractivity contribution in [2.75, 3.05) is 31.1 Å². The van der Waals surface area contributed by atoms with E-state index in [0.29, 0.717) is 5.92 Å². The molecule has 1 aliphatic carbocycles. The number of nitrogens with two attached hydrogens (primary N) is 1. The van der Waals surface area contributed by atoms with Crippen molar-refractivity contribution in [3.05, 3.63) is 17.6 Å². The lowest BCUT2D eigenvalue weighted by molar-refractivity contribution is -0.137. The molecular weight excluding hydrogens is 373 g/mol. The summed E-state index contributed by atoms with van der Waals surface area (Å²) in [5.41, 5.74) is 6.71. The minimum absolute atomic E-state index is 0. The average molecular weight is 404 g/mol. The Kier molecular flexibility index (Phi) is 8.11. The Labute approximate surface area is 168 Å². The number of rotatable bonds is 3. The summed E-state index contributed by atoms with van der Waals surface area (Å²) >= 11 is 0. The van der Waals surface area contributed by atoms with Gasteiger partial charge in [0.25, 0.3) is 0 Å². The smallest absolute Gasteiger partial charge is 0.242 e. The highest BCUT2D eigenvalue weighted by atomic mass is 35.5. The van der Waals surface area contributed by atoms with Crippen molar-refractivity contribution in [1.29, 1.82) is 0 Å². The highest BCUT2D eigenvalue weighted by Crippen LogP contribution is 2.29. The third-order valence-electron chi connectivity index (χ3n) is 5.19. The molecule has 2 N–H and O–H groups in total. The van der Waals surface area contributed by atoms with E-state index in [9.17, 15) is 4.79 Å². The van der Waals surface area contributed by atoms with Gasteiger partial charge in [-0.05, 0) is 19.8 Å². The largest absolute Gasteiger partial charge is 0.353 e. The maximum Gasteiger partial charge on any atom is 0.242 e. The predicted molar refractivity (Wildman–Crippen MR) is 110 cm³/mol. The van der Waals surface area contributed by atoms with Crippen LogP contribution in [0.4, 0.5) is 5.82 Å². The van der Waals surface area contributed by atoms with Gasteiger partial charge < -0.3 is 15.5 Å². The minimum atomic E-state index is -0.613. The molecule has 1 aromatic rings. The van der Waals surface area contributed by atoms with Crippen LogP contribution in [-0.2, 0) is 4.79 Å². The van der Waals surface area contributed by atoms with Crippen molar-refractivity contribution < 1.29 is 4.79 Å². The van der Waals surface area contributed by atoms with Gasteiger partial charge in [0.2, 0.25) is 5.91 Å². The molecule has 1 aromatic heterocycles. The summed E-state index contributed by atoms with van der Waals surface area (Å²) in [7, 11) is 0. The van der Waals surface area contributed by atoms with Crippen LogP contribution in [-0.4, -0.2) is 52.5 Å². The van der Waals surface area contributed by atoms with Gasteiger partial charge in [-0.2, -0.15) is 0 Å². The third kappa shape index (κ3) is 4.78. The highest BCUT2D eigenvalue weighted by Gasteiger charge is 2.40. The topological polar surface area (TPSA) is 75.3 Å². The third-order valence-corrected chi connectivity index (χ3v) is 5.19. The molecule has 0 atom stereocenters. The van der Waals surface area contributed by atoms with Gasteiger partial charge in [0.15, 0.2) is 0 Å². The maximum atomic E-state index is 12.7. The van der Waals surface area contributed by atoms with Crippen molar-refractivity contribution in [1.82, 2.24) is 14.9 Å². The fourth-order valence-electron chi connectivity index (χ4n) is 3.67. The molecule has 0 radical (unpaired) electrons. The Morgan fingerprint density at radius 1 is 1.12 bits per heavy atom. The molecule has 2 aliphatic rings. The van der Waals surface area contributed by atoms with Gasteiger partial charge in [0.05, 0.1) is 5.54 Å². The molecule has 8 heteroatoms. The van der Waals surface area contributed by atoms with Crippen LogP contribution in [0.3, 0.4) is 0 Å². The van der Waals surface area contributed by atoms with Gasteiger partial charge in [-0.1, -0.05) is 26.7 Å². The summed E-state index contributed by atoms with van der Waals surface area (Å²) in [6, 6.07) is 2.03. The van der Waals surface area contributed by atoms with Crippen LogP contribution in [0.2, 0.25) is 0 Å². The molecule has 6 nitrogen and oxygen atoms in total. The molecule has 2 heterocycles. The van der Waals surface area contributed by atoms with Gasteiger partial charge in [0.1, 0.15) is 11.6 Å². The van der Waals surface area contributed by atoms with E-state index in [0.717, 1.165) is 69.2 Å². The van der Waals surface area contributed by atoms with Crippen LogP contribution >= 0.6 is 24.8 Å². The molecule has 0 unspecified atom stereocenters. The monoisotopic (exact) mass is 403 g/mol. The second-order valence-corrected chi connectivity index (χ2v) is 7.52. The van der Waals surface area contributed by atoms with Gasteiger partial charge in [-0.15, -0.1) is 24.8 Å². The zero-order valence-corrected chi connectivity index (χ0v) is 17.5. The number of piperazine rings is 1. The fourth-order valence-corrected chi connectivity index (χ4v) is 3.67. The van der Waals surface area contributed by atoms with Gasteiger partial charge in [0, 0.05) is 43.9 Å². The number of amides is 1. The molecule has 0 bridgehead atoms. The number of nitrogens with zero attached hydrogens (tertiary/aromatic N) is 4. The number of carbonyl (C=O) groups excluding carboxylic acids is 1. The first-order valence-electron chi connectivity index (χ1n) is 9.08. The Bertz CT molecular complexity index is 612. The molecule has 3 rings (SSSR count). The molecule has 0 aromatic carbocycles. The molecule has 1 amide bonds. The first-order chi connectivity index (χ1) is 11.4. The fraction of sp³-hybridized carbons (Fsp3) is 0.722.